The van der Waals surface area contributed by atoms with Crippen molar-refractivity contribution in [1.29, 1.82) is 0 Å². The third kappa shape index (κ3) is 3.57. The summed E-state index contributed by atoms with van der Waals surface area (Å²) in [5, 5.41) is 11.6. The first-order valence-electron chi connectivity index (χ1n) is 9.75. The Bertz CT molecular complexity index is 906. The zero-order chi connectivity index (χ0) is 19.8. The van der Waals surface area contributed by atoms with Gasteiger partial charge in [0.05, 0.1) is 10.1 Å². The number of amides is 3. The fourth-order valence-corrected chi connectivity index (χ4v) is 5.91. The zero-order valence-corrected chi connectivity index (χ0v) is 18.0. The van der Waals surface area contributed by atoms with Gasteiger partial charge in [0.25, 0.3) is 0 Å². The van der Waals surface area contributed by atoms with Crippen molar-refractivity contribution < 1.29 is 9.59 Å². The molecule has 2 aromatic heterocycles. The molecule has 1 aliphatic heterocycles. The van der Waals surface area contributed by atoms with Crippen LogP contribution in [0.15, 0.2) is 11.2 Å². The molecule has 1 fully saturated rings. The van der Waals surface area contributed by atoms with Gasteiger partial charge in [-0.15, -0.1) is 21.5 Å². The number of fused-ring (bicyclic) bond motifs is 1. The highest BCUT2D eigenvalue weighted by Gasteiger charge is 2.31. The lowest BCUT2D eigenvalue weighted by atomic mass is 9.87. The molecule has 4 rings (SSSR count). The summed E-state index contributed by atoms with van der Waals surface area (Å²) in [5.74, 6) is 1.44. The Labute approximate surface area is 172 Å². The van der Waals surface area contributed by atoms with Crippen molar-refractivity contribution in [3.8, 4) is 10.7 Å². The number of aromatic nitrogens is 3. The number of nitrogens with zero attached hydrogens (tertiary/aromatic N) is 4. The van der Waals surface area contributed by atoms with Gasteiger partial charge in [-0.1, -0.05) is 25.1 Å². The van der Waals surface area contributed by atoms with Gasteiger partial charge in [0, 0.05) is 25.0 Å². The van der Waals surface area contributed by atoms with Crippen LogP contribution in [0.4, 0.5) is 4.79 Å². The molecular weight excluding hydrogens is 394 g/mol. The van der Waals surface area contributed by atoms with E-state index >= 15 is 0 Å². The topological polar surface area (TPSA) is 80.1 Å². The molecule has 0 unspecified atom stereocenters. The van der Waals surface area contributed by atoms with Crippen LogP contribution in [-0.2, 0) is 24.7 Å². The number of thioether (sulfide) groups is 1. The maximum Gasteiger partial charge on any atom is 0.324 e. The molecular formula is C19H25N5O2S2. The average Bonchev–Trinajstić information content (AvgIpc) is 3.39. The van der Waals surface area contributed by atoms with Crippen LogP contribution in [0.3, 0.4) is 0 Å². The fourth-order valence-electron chi connectivity index (χ4n) is 3.80. The minimum Gasteiger partial charge on any atom is -0.336 e. The van der Waals surface area contributed by atoms with Crippen LogP contribution in [0.2, 0.25) is 0 Å². The maximum absolute atomic E-state index is 12.5. The van der Waals surface area contributed by atoms with Gasteiger partial charge in [-0.2, -0.15) is 0 Å². The number of nitrogens with one attached hydrogen (secondary N) is 1. The van der Waals surface area contributed by atoms with E-state index in [1.807, 2.05) is 29.9 Å². The van der Waals surface area contributed by atoms with Crippen LogP contribution in [0.25, 0.3) is 10.7 Å². The monoisotopic (exact) mass is 419 g/mol. The lowest BCUT2D eigenvalue weighted by Crippen LogP contribution is -2.39. The van der Waals surface area contributed by atoms with Crippen LogP contribution in [0.1, 0.15) is 37.1 Å². The van der Waals surface area contributed by atoms with Crippen molar-refractivity contribution in [2.75, 3.05) is 13.1 Å². The Morgan fingerprint density at radius 2 is 2.29 bits per heavy atom. The Morgan fingerprint density at radius 1 is 1.46 bits per heavy atom. The molecule has 150 valence electrons. The van der Waals surface area contributed by atoms with Crippen LogP contribution in [0, 0.1) is 5.92 Å². The number of imide groups is 1. The largest absolute Gasteiger partial charge is 0.336 e. The van der Waals surface area contributed by atoms with E-state index < -0.39 is 5.25 Å². The molecule has 3 heterocycles. The highest BCUT2D eigenvalue weighted by atomic mass is 32.2. The molecule has 3 amide bonds. The first-order chi connectivity index (χ1) is 13.5. The normalized spacial score (nSPS) is 20.2. The van der Waals surface area contributed by atoms with Gasteiger partial charge in [0.15, 0.2) is 11.0 Å². The lowest BCUT2D eigenvalue weighted by molar-refractivity contribution is -0.126. The highest BCUT2D eigenvalue weighted by molar-refractivity contribution is 8.00. The molecule has 1 aliphatic carbocycles. The second-order valence-corrected chi connectivity index (χ2v) is 9.87. The summed E-state index contributed by atoms with van der Waals surface area (Å²) >= 11 is 3.16. The smallest absolute Gasteiger partial charge is 0.324 e. The first kappa shape index (κ1) is 19.4. The molecule has 0 bridgehead atoms. The maximum atomic E-state index is 12.5. The quantitative estimate of drug-likeness (QED) is 0.754. The minimum atomic E-state index is -0.401. The van der Waals surface area contributed by atoms with Gasteiger partial charge < -0.3 is 9.88 Å². The van der Waals surface area contributed by atoms with Gasteiger partial charge in [-0.3, -0.25) is 9.69 Å². The predicted molar refractivity (Wildman–Crippen MR) is 111 cm³/mol. The number of hydrogen-bond acceptors (Lipinski definition) is 6. The van der Waals surface area contributed by atoms with E-state index in [1.54, 1.807) is 0 Å². The van der Waals surface area contributed by atoms with Crippen molar-refractivity contribution in [1.82, 2.24) is 25.0 Å². The van der Waals surface area contributed by atoms with Crippen LogP contribution < -0.4 is 5.32 Å². The Hall–Kier alpha value is -1.87. The van der Waals surface area contributed by atoms with Gasteiger partial charge >= 0.3 is 6.03 Å². The van der Waals surface area contributed by atoms with Gasteiger partial charge in [0.1, 0.15) is 0 Å². The Kier molecular flexibility index (Phi) is 5.46. The molecule has 2 atom stereocenters. The number of carbonyl (C=O) groups excluding carboxylic acids is 2. The molecule has 28 heavy (non-hydrogen) atoms. The number of thiophene rings is 1. The van der Waals surface area contributed by atoms with Crippen molar-refractivity contribution in [2.24, 2.45) is 13.0 Å². The summed E-state index contributed by atoms with van der Waals surface area (Å²) in [7, 11) is 1.94. The van der Waals surface area contributed by atoms with E-state index in [2.05, 4.69) is 28.5 Å². The number of hydrogen-bond donors (Lipinski definition) is 1. The SMILES string of the molecule is CC[C@@H]1CCc2sc(-c3nnc(S[C@@H](C)C(=O)N4CCNC4=O)n3C)cc2C1. The number of aryl methyl sites for hydroxylation is 1. The van der Waals surface area contributed by atoms with Gasteiger partial charge in [-0.25, -0.2) is 4.79 Å². The van der Waals surface area contributed by atoms with E-state index in [1.165, 1.54) is 39.9 Å². The van der Waals surface area contributed by atoms with Crippen LogP contribution in [-0.4, -0.2) is 49.9 Å². The van der Waals surface area contributed by atoms with Gasteiger partial charge in [0.2, 0.25) is 5.91 Å². The predicted octanol–water partition coefficient (Wildman–Crippen LogP) is 3.09. The van der Waals surface area contributed by atoms with Crippen molar-refractivity contribution in [3.63, 3.8) is 0 Å². The summed E-state index contributed by atoms with van der Waals surface area (Å²) in [5.41, 5.74) is 1.46. The van der Waals surface area contributed by atoms with E-state index in [0.717, 1.165) is 29.5 Å². The second-order valence-electron chi connectivity index (χ2n) is 7.42. The lowest BCUT2D eigenvalue weighted by Gasteiger charge is -2.19. The molecule has 0 aromatic carbocycles. The van der Waals surface area contributed by atoms with Crippen molar-refractivity contribution >= 4 is 35.0 Å². The van der Waals surface area contributed by atoms with Crippen LogP contribution in [0.5, 0.6) is 0 Å². The number of carbonyl (C=O) groups is 2. The summed E-state index contributed by atoms with van der Waals surface area (Å²) in [6.45, 7) is 5.01. The van der Waals surface area contributed by atoms with E-state index in [0.29, 0.717) is 18.2 Å². The van der Waals surface area contributed by atoms with Crippen molar-refractivity contribution in [2.45, 2.75) is 49.9 Å². The minimum absolute atomic E-state index is 0.193. The van der Waals surface area contributed by atoms with E-state index in [4.69, 9.17) is 0 Å². The molecule has 2 aromatic rings. The number of rotatable bonds is 5. The molecule has 9 heteroatoms. The number of urea groups is 1. The molecule has 1 saturated heterocycles. The molecule has 7 nitrogen and oxygen atoms in total. The Balaban J connectivity index is 1.50. The second kappa shape index (κ2) is 7.87. The molecule has 0 radical (unpaired) electrons. The van der Waals surface area contributed by atoms with Gasteiger partial charge in [-0.05, 0) is 43.7 Å². The third-order valence-electron chi connectivity index (χ3n) is 5.57. The fraction of sp³-hybridized carbons (Fsp3) is 0.579. The van der Waals surface area contributed by atoms with Crippen LogP contribution >= 0.6 is 23.1 Å². The third-order valence-corrected chi connectivity index (χ3v) is 7.92. The summed E-state index contributed by atoms with van der Waals surface area (Å²) in [6, 6.07) is 1.95. The highest BCUT2D eigenvalue weighted by Crippen LogP contribution is 2.38. The summed E-state index contributed by atoms with van der Waals surface area (Å²) in [6.07, 6.45) is 4.82. The van der Waals surface area contributed by atoms with E-state index in [-0.39, 0.29) is 11.9 Å². The Morgan fingerprint density at radius 3 is 3.00 bits per heavy atom. The summed E-state index contributed by atoms with van der Waals surface area (Å²) < 4.78 is 1.95. The zero-order valence-electron chi connectivity index (χ0n) is 16.4. The summed E-state index contributed by atoms with van der Waals surface area (Å²) in [4.78, 5) is 28.1. The van der Waals surface area contributed by atoms with E-state index in [9.17, 15) is 9.59 Å². The molecule has 1 N–H and O–H groups in total. The standard InChI is InChI=1S/C19H25N5O2S2/c1-4-12-5-6-14-13(9-12)10-15(28-14)16-21-22-19(23(16)3)27-11(2)17(25)24-8-7-20-18(24)26/h10-12H,4-9H2,1-3H3,(H,20,26)/t11-,12+/m0/s1. The molecule has 0 saturated carbocycles. The van der Waals surface area contributed by atoms with Crippen molar-refractivity contribution in [3.05, 3.63) is 16.5 Å². The first-order valence-corrected chi connectivity index (χ1v) is 11.4. The molecule has 2 aliphatic rings. The molecule has 0 spiro atoms. The average molecular weight is 420 g/mol.